The van der Waals surface area contributed by atoms with Crippen LogP contribution in [-0.4, -0.2) is 29.1 Å². The third kappa shape index (κ3) is 5.90. The monoisotopic (exact) mass is 954 g/mol. The molecule has 16 rings (SSSR count). The normalized spacial score (nSPS) is 12.9. The average Bonchev–Trinajstić information content (AvgIpc) is 4.33. The van der Waals surface area contributed by atoms with Crippen LogP contribution in [0.4, 0.5) is 0 Å². The van der Waals surface area contributed by atoms with Crippen molar-refractivity contribution in [3.63, 3.8) is 0 Å². The Morgan fingerprint density at radius 1 is 0.267 bits per heavy atom. The van der Waals surface area contributed by atoms with E-state index in [1.54, 1.807) is 0 Å². The van der Waals surface area contributed by atoms with Gasteiger partial charge in [-0.1, -0.05) is 231 Å². The number of benzene rings is 10. The number of rotatable bonds is 6. The molecule has 0 saturated carbocycles. The maximum absolute atomic E-state index is 5.50. The summed E-state index contributed by atoms with van der Waals surface area (Å²) in [6.45, 7) is 0. The minimum absolute atomic E-state index is 0.624. The zero-order valence-corrected chi connectivity index (χ0v) is 40.4. The molecular weight excluding hydrogens is 913 g/mol. The van der Waals surface area contributed by atoms with Crippen LogP contribution in [0.25, 0.3) is 123 Å². The highest BCUT2D eigenvalue weighted by Gasteiger charge is 2.53. The zero-order valence-electron chi connectivity index (χ0n) is 40.4. The summed E-state index contributed by atoms with van der Waals surface area (Å²) in [5, 5.41) is 4.60. The van der Waals surface area contributed by atoms with E-state index in [-0.39, 0.29) is 0 Å². The predicted molar refractivity (Wildman–Crippen MR) is 304 cm³/mol. The van der Waals surface area contributed by atoms with Gasteiger partial charge in [0, 0.05) is 54.9 Å². The van der Waals surface area contributed by atoms with Crippen molar-refractivity contribution in [1.29, 1.82) is 0 Å². The molecule has 10 aromatic carbocycles. The smallest absolute Gasteiger partial charge is 0.235 e. The van der Waals surface area contributed by atoms with Crippen LogP contribution >= 0.6 is 0 Å². The van der Waals surface area contributed by atoms with Crippen molar-refractivity contribution < 1.29 is 0 Å². The molecule has 0 amide bonds. The Balaban J connectivity index is 1.02. The third-order valence-corrected chi connectivity index (χ3v) is 15.8. The molecular formula is C69H42N6. The molecule has 75 heavy (non-hydrogen) atoms. The van der Waals surface area contributed by atoms with Crippen LogP contribution in [0.15, 0.2) is 255 Å². The summed E-state index contributed by atoms with van der Waals surface area (Å²) >= 11 is 0. The molecule has 6 nitrogen and oxygen atoms in total. The highest BCUT2D eigenvalue weighted by atomic mass is 15.2. The standard InChI is InChI=1S/C69H42N6/c1-5-21-43(22-6-1)57-41-58(44-23-7-2-8-24-44)71-67(70-57)74-61-35-19-15-29-47(61)49-37-39-55-63(65(49)74)51-31-13-17-33-53(51)69(55)54-34-18-14-32-52(54)64-56(69)40-38-50-48-30-16-20-36-62(48)75(66(50)64)68-72-59(45-25-9-3-10-26-45)42-60(73-68)46-27-11-4-12-28-46/h1-42H. The van der Waals surface area contributed by atoms with E-state index in [0.717, 1.165) is 88.6 Å². The molecule has 2 aliphatic rings. The van der Waals surface area contributed by atoms with Crippen molar-refractivity contribution in [2.75, 3.05) is 0 Å². The fourth-order valence-corrected chi connectivity index (χ4v) is 12.7. The summed E-state index contributed by atoms with van der Waals surface area (Å²) in [5.41, 5.74) is 20.9. The van der Waals surface area contributed by atoms with Crippen LogP contribution in [0.2, 0.25) is 0 Å². The Morgan fingerprint density at radius 3 is 0.960 bits per heavy atom. The summed E-state index contributed by atoms with van der Waals surface area (Å²) in [4.78, 5) is 22.0. The predicted octanol–water partition coefficient (Wildman–Crippen LogP) is 16.5. The number of aromatic nitrogens is 6. The van der Waals surface area contributed by atoms with Crippen molar-refractivity contribution in [2.45, 2.75) is 5.41 Å². The van der Waals surface area contributed by atoms with Crippen LogP contribution < -0.4 is 0 Å². The fraction of sp³-hybridized carbons (Fsp3) is 0.0145. The number of nitrogens with zero attached hydrogens (tertiary/aromatic N) is 6. The largest absolute Gasteiger partial charge is 0.277 e. The van der Waals surface area contributed by atoms with Gasteiger partial charge < -0.3 is 0 Å². The maximum Gasteiger partial charge on any atom is 0.235 e. The third-order valence-electron chi connectivity index (χ3n) is 15.8. The Labute approximate surface area is 432 Å². The van der Waals surface area contributed by atoms with Gasteiger partial charge in [0.2, 0.25) is 11.9 Å². The molecule has 0 N–H and O–H groups in total. The molecule has 2 aliphatic carbocycles. The Hall–Kier alpha value is -10.0. The molecule has 0 aliphatic heterocycles. The second-order valence-corrected chi connectivity index (χ2v) is 19.7. The summed E-state index contributed by atoms with van der Waals surface area (Å²) in [5.74, 6) is 1.25. The summed E-state index contributed by atoms with van der Waals surface area (Å²) < 4.78 is 4.67. The number of hydrogen-bond acceptors (Lipinski definition) is 4. The Morgan fingerprint density at radius 2 is 0.587 bits per heavy atom. The van der Waals surface area contributed by atoms with Gasteiger partial charge >= 0.3 is 0 Å². The highest BCUT2D eigenvalue weighted by Crippen LogP contribution is 2.65. The molecule has 14 aromatic rings. The van der Waals surface area contributed by atoms with E-state index in [1.807, 2.05) is 0 Å². The van der Waals surface area contributed by atoms with Gasteiger partial charge in [-0.2, -0.15) is 0 Å². The van der Waals surface area contributed by atoms with E-state index in [1.165, 1.54) is 44.5 Å². The lowest BCUT2D eigenvalue weighted by Crippen LogP contribution is -2.25. The zero-order chi connectivity index (χ0) is 49.2. The number of fused-ring (bicyclic) bond motifs is 18. The number of hydrogen-bond donors (Lipinski definition) is 0. The van der Waals surface area contributed by atoms with Gasteiger partial charge in [0.15, 0.2) is 0 Å². The first kappa shape index (κ1) is 41.6. The summed E-state index contributed by atoms with van der Waals surface area (Å²) in [6, 6.07) is 91.2. The van der Waals surface area contributed by atoms with Gasteiger partial charge in [0.05, 0.1) is 50.3 Å². The molecule has 0 fully saturated rings. The van der Waals surface area contributed by atoms with Gasteiger partial charge in [-0.05, 0) is 57.6 Å². The average molecular weight is 955 g/mol. The molecule has 348 valence electrons. The summed E-state index contributed by atoms with van der Waals surface area (Å²) in [7, 11) is 0. The number of para-hydroxylation sites is 2. The molecule has 1 spiro atoms. The van der Waals surface area contributed by atoms with Crippen LogP contribution in [0.1, 0.15) is 22.3 Å². The second kappa shape index (κ2) is 16.0. The van der Waals surface area contributed by atoms with E-state index in [9.17, 15) is 0 Å². The van der Waals surface area contributed by atoms with Gasteiger partial charge in [-0.3, -0.25) is 9.13 Å². The Kier molecular flexibility index (Phi) is 8.86. The van der Waals surface area contributed by atoms with Crippen molar-refractivity contribution in [1.82, 2.24) is 29.1 Å². The van der Waals surface area contributed by atoms with Gasteiger partial charge in [0.1, 0.15) is 0 Å². The highest BCUT2D eigenvalue weighted by molar-refractivity contribution is 6.19. The van der Waals surface area contributed by atoms with Crippen molar-refractivity contribution in [3.8, 4) is 79.2 Å². The molecule has 0 unspecified atom stereocenters. The molecule has 4 aromatic heterocycles. The SMILES string of the molecule is c1ccc(-c2cc(-c3ccccc3)nc(-n3c4ccccc4c4ccc5c(c43)-c3ccccc3C53c4ccccc4-c4c3ccc3c5ccccc5n(-c5nc(-c6ccccc6)cc(-c6ccccc6)n5)c43)n2)cc1. The van der Waals surface area contributed by atoms with Crippen LogP contribution in [0, 0.1) is 0 Å². The van der Waals surface area contributed by atoms with E-state index < -0.39 is 5.41 Å². The molecule has 6 heteroatoms. The lowest BCUT2D eigenvalue weighted by atomic mass is 9.70. The fourth-order valence-electron chi connectivity index (χ4n) is 12.7. The summed E-state index contributed by atoms with van der Waals surface area (Å²) in [6.07, 6.45) is 0. The molecule has 0 saturated heterocycles. The van der Waals surface area contributed by atoms with E-state index in [2.05, 4.69) is 264 Å². The molecule has 4 heterocycles. The van der Waals surface area contributed by atoms with Crippen molar-refractivity contribution >= 4 is 43.6 Å². The lowest BCUT2D eigenvalue weighted by molar-refractivity contribution is 0.794. The minimum atomic E-state index is -0.688. The van der Waals surface area contributed by atoms with Gasteiger partial charge in [0.25, 0.3) is 0 Å². The van der Waals surface area contributed by atoms with E-state index >= 15 is 0 Å². The topological polar surface area (TPSA) is 61.4 Å². The van der Waals surface area contributed by atoms with Crippen LogP contribution in [0.5, 0.6) is 0 Å². The first-order chi connectivity index (χ1) is 37.2. The van der Waals surface area contributed by atoms with Crippen molar-refractivity contribution in [3.05, 3.63) is 277 Å². The lowest BCUT2D eigenvalue weighted by Gasteiger charge is -2.30. The van der Waals surface area contributed by atoms with Gasteiger partial charge in [-0.25, -0.2) is 19.9 Å². The van der Waals surface area contributed by atoms with Crippen LogP contribution in [-0.2, 0) is 5.41 Å². The van der Waals surface area contributed by atoms with E-state index in [4.69, 9.17) is 19.9 Å². The van der Waals surface area contributed by atoms with Crippen LogP contribution in [0.3, 0.4) is 0 Å². The second-order valence-electron chi connectivity index (χ2n) is 19.7. The molecule has 0 atom stereocenters. The Bertz CT molecular complexity index is 4220. The van der Waals surface area contributed by atoms with E-state index in [0.29, 0.717) is 11.9 Å². The minimum Gasteiger partial charge on any atom is -0.277 e. The quantitative estimate of drug-likeness (QED) is 0.167. The molecule has 0 bridgehead atoms. The van der Waals surface area contributed by atoms with Gasteiger partial charge in [-0.15, -0.1) is 0 Å². The van der Waals surface area contributed by atoms with Crippen molar-refractivity contribution in [2.24, 2.45) is 0 Å². The maximum atomic E-state index is 5.50. The first-order valence-electron chi connectivity index (χ1n) is 25.6. The first-order valence-corrected chi connectivity index (χ1v) is 25.6. The molecule has 0 radical (unpaired) electrons.